The first-order chi connectivity index (χ1) is 8.58. The molecule has 1 fully saturated rings. The molecule has 0 saturated carbocycles. The molecule has 1 amide bonds. The first-order valence-corrected chi connectivity index (χ1v) is 6.32. The topological polar surface area (TPSA) is 66.8 Å². The van der Waals surface area contributed by atoms with Crippen molar-refractivity contribution in [2.75, 3.05) is 19.7 Å². The third-order valence-corrected chi connectivity index (χ3v) is 3.44. The Morgan fingerprint density at radius 2 is 2.22 bits per heavy atom. The predicted octanol–water partition coefficient (Wildman–Crippen LogP) is 2.13. The summed E-state index contributed by atoms with van der Waals surface area (Å²) in [6, 6.07) is 0. The maximum Gasteiger partial charge on any atom is 0.410 e. The van der Waals surface area contributed by atoms with Crippen LogP contribution in [0.2, 0.25) is 0 Å². The summed E-state index contributed by atoms with van der Waals surface area (Å²) in [7, 11) is 0. The lowest BCUT2D eigenvalue weighted by Gasteiger charge is -2.37. The van der Waals surface area contributed by atoms with E-state index in [9.17, 15) is 9.59 Å². The standard InChI is InChI=1S/C13H21NO4/c1-3-7-18-13(17)14-6-5-11(8-12(15)16)10(4-2)9-14/h3,10-11H,1,4-9H2,2H3,(H,15,16)/t10-,11-/m0/s1. The highest BCUT2D eigenvalue weighted by atomic mass is 16.6. The lowest BCUT2D eigenvalue weighted by atomic mass is 9.82. The quantitative estimate of drug-likeness (QED) is 0.764. The van der Waals surface area contributed by atoms with Crippen LogP contribution < -0.4 is 0 Å². The van der Waals surface area contributed by atoms with Crippen molar-refractivity contribution in [3.63, 3.8) is 0 Å². The molecule has 102 valence electrons. The van der Waals surface area contributed by atoms with E-state index in [0.29, 0.717) is 13.1 Å². The summed E-state index contributed by atoms with van der Waals surface area (Å²) in [5.74, 6) is -0.358. The van der Waals surface area contributed by atoms with E-state index in [4.69, 9.17) is 9.84 Å². The van der Waals surface area contributed by atoms with Crippen LogP contribution >= 0.6 is 0 Å². The summed E-state index contributed by atoms with van der Waals surface area (Å²) in [5, 5.41) is 8.85. The molecule has 1 rings (SSSR count). The van der Waals surface area contributed by atoms with E-state index >= 15 is 0 Å². The molecule has 1 saturated heterocycles. The highest BCUT2D eigenvalue weighted by Crippen LogP contribution is 2.29. The summed E-state index contributed by atoms with van der Waals surface area (Å²) in [4.78, 5) is 24.1. The van der Waals surface area contributed by atoms with E-state index < -0.39 is 5.97 Å². The van der Waals surface area contributed by atoms with E-state index in [-0.39, 0.29) is 31.0 Å². The average Bonchev–Trinajstić information content (AvgIpc) is 2.35. The van der Waals surface area contributed by atoms with Gasteiger partial charge in [-0.1, -0.05) is 26.0 Å². The Kier molecular flexibility index (Phi) is 5.68. The van der Waals surface area contributed by atoms with Crippen LogP contribution in [0, 0.1) is 11.8 Å². The van der Waals surface area contributed by atoms with Gasteiger partial charge in [0.1, 0.15) is 6.61 Å². The molecule has 0 spiro atoms. The van der Waals surface area contributed by atoms with Crippen LogP contribution in [-0.4, -0.2) is 41.8 Å². The molecular weight excluding hydrogens is 234 g/mol. The van der Waals surface area contributed by atoms with Gasteiger partial charge in [-0.25, -0.2) is 4.79 Å². The third kappa shape index (κ3) is 4.05. The summed E-state index contributed by atoms with van der Waals surface area (Å²) < 4.78 is 4.99. The minimum absolute atomic E-state index is 0.163. The van der Waals surface area contributed by atoms with Gasteiger partial charge in [-0.15, -0.1) is 0 Å². The van der Waals surface area contributed by atoms with Gasteiger partial charge in [-0.05, 0) is 18.3 Å². The first-order valence-electron chi connectivity index (χ1n) is 6.32. The average molecular weight is 255 g/mol. The molecule has 0 bridgehead atoms. The highest BCUT2D eigenvalue weighted by molar-refractivity contribution is 5.68. The number of carboxylic acid groups (broad SMARTS) is 1. The van der Waals surface area contributed by atoms with Gasteiger partial charge < -0.3 is 14.7 Å². The molecule has 5 nitrogen and oxygen atoms in total. The molecule has 0 unspecified atom stereocenters. The molecule has 0 radical (unpaired) electrons. The number of amides is 1. The Labute approximate surface area is 107 Å². The van der Waals surface area contributed by atoms with Crippen molar-refractivity contribution < 1.29 is 19.4 Å². The molecule has 1 heterocycles. The molecule has 18 heavy (non-hydrogen) atoms. The van der Waals surface area contributed by atoms with E-state index in [1.54, 1.807) is 4.90 Å². The fourth-order valence-electron chi connectivity index (χ4n) is 2.42. The molecule has 1 aliphatic rings. The molecule has 1 aliphatic heterocycles. The second-order valence-corrected chi connectivity index (χ2v) is 4.63. The van der Waals surface area contributed by atoms with Gasteiger partial charge in [0.05, 0.1) is 0 Å². The number of nitrogens with zero attached hydrogens (tertiary/aromatic N) is 1. The molecule has 0 aromatic carbocycles. The van der Waals surface area contributed by atoms with Crippen LogP contribution in [0.25, 0.3) is 0 Å². The van der Waals surface area contributed by atoms with Crippen molar-refractivity contribution in [1.82, 2.24) is 4.90 Å². The van der Waals surface area contributed by atoms with Crippen molar-refractivity contribution in [1.29, 1.82) is 0 Å². The van der Waals surface area contributed by atoms with Gasteiger partial charge in [0.25, 0.3) is 0 Å². The van der Waals surface area contributed by atoms with Crippen LogP contribution in [-0.2, 0) is 9.53 Å². The summed E-state index contributed by atoms with van der Waals surface area (Å²) in [5.41, 5.74) is 0. The van der Waals surface area contributed by atoms with Crippen LogP contribution in [0.15, 0.2) is 12.7 Å². The normalized spacial score (nSPS) is 23.5. The largest absolute Gasteiger partial charge is 0.481 e. The molecule has 0 aliphatic carbocycles. The molecule has 2 atom stereocenters. The number of carboxylic acids is 1. The highest BCUT2D eigenvalue weighted by Gasteiger charge is 2.32. The van der Waals surface area contributed by atoms with Crippen molar-refractivity contribution in [3.8, 4) is 0 Å². The Balaban J connectivity index is 2.52. The molecule has 0 aromatic heterocycles. The maximum absolute atomic E-state index is 11.7. The number of aliphatic carboxylic acids is 1. The number of carbonyl (C=O) groups is 2. The number of hydrogen-bond acceptors (Lipinski definition) is 3. The monoisotopic (exact) mass is 255 g/mol. The fourth-order valence-corrected chi connectivity index (χ4v) is 2.42. The lowest BCUT2D eigenvalue weighted by molar-refractivity contribution is -0.139. The maximum atomic E-state index is 11.7. The molecule has 5 heteroatoms. The zero-order valence-electron chi connectivity index (χ0n) is 10.8. The van der Waals surface area contributed by atoms with Crippen molar-refractivity contribution in [3.05, 3.63) is 12.7 Å². The fraction of sp³-hybridized carbons (Fsp3) is 0.692. The van der Waals surface area contributed by atoms with Crippen molar-refractivity contribution >= 4 is 12.1 Å². The summed E-state index contributed by atoms with van der Waals surface area (Å²) in [6.07, 6.45) is 3.00. The summed E-state index contributed by atoms with van der Waals surface area (Å²) >= 11 is 0. The molecule has 1 N–H and O–H groups in total. The number of hydrogen-bond donors (Lipinski definition) is 1. The van der Waals surface area contributed by atoms with Gasteiger partial charge in [-0.3, -0.25) is 4.79 Å². The van der Waals surface area contributed by atoms with E-state index in [1.807, 2.05) is 6.92 Å². The predicted molar refractivity (Wildman–Crippen MR) is 67.3 cm³/mol. The number of piperidine rings is 1. The van der Waals surface area contributed by atoms with E-state index in [1.165, 1.54) is 6.08 Å². The molecule has 0 aromatic rings. The van der Waals surface area contributed by atoms with Gasteiger partial charge in [0, 0.05) is 19.5 Å². The van der Waals surface area contributed by atoms with Crippen LogP contribution in [0.5, 0.6) is 0 Å². The van der Waals surface area contributed by atoms with Gasteiger partial charge in [-0.2, -0.15) is 0 Å². The molecular formula is C13H21NO4. The Morgan fingerprint density at radius 1 is 1.50 bits per heavy atom. The Morgan fingerprint density at radius 3 is 2.78 bits per heavy atom. The Hall–Kier alpha value is -1.52. The Bertz CT molecular complexity index is 316. The van der Waals surface area contributed by atoms with Crippen molar-refractivity contribution in [2.24, 2.45) is 11.8 Å². The lowest BCUT2D eigenvalue weighted by Crippen LogP contribution is -2.44. The zero-order chi connectivity index (χ0) is 13.5. The minimum Gasteiger partial charge on any atom is -0.481 e. The van der Waals surface area contributed by atoms with E-state index in [2.05, 4.69) is 6.58 Å². The SMILES string of the molecule is C=CCOC(=O)N1CC[C@@H](CC(=O)O)[C@@H](CC)C1. The smallest absolute Gasteiger partial charge is 0.410 e. The van der Waals surface area contributed by atoms with Crippen LogP contribution in [0.3, 0.4) is 0 Å². The number of carbonyl (C=O) groups excluding carboxylic acids is 1. The number of rotatable bonds is 5. The van der Waals surface area contributed by atoms with Gasteiger partial charge >= 0.3 is 12.1 Å². The summed E-state index contributed by atoms with van der Waals surface area (Å²) in [6.45, 7) is 6.89. The first kappa shape index (κ1) is 14.5. The zero-order valence-corrected chi connectivity index (χ0v) is 10.8. The van der Waals surface area contributed by atoms with Gasteiger partial charge in [0.2, 0.25) is 0 Å². The second-order valence-electron chi connectivity index (χ2n) is 4.63. The second kappa shape index (κ2) is 7.03. The number of likely N-dealkylation sites (tertiary alicyclic amines) is 1. The van der Waals surface area contributed by atoms with Crippen LogP contribution in [0.4, 0.5) is 4.79 Å². The number of ether oxygens (including phenoxy) is 1. The minimum atomic E-state index is -0.763. The third-order valence-electron chi connectivity index (χ3n) is 3.44. The van der Waals surface area contributed by atoms with Gasteiger partial charge in [0.15, 0.2) is 0 Å². The van der Waals surface area contributed by atoms with Crippen LogP contribution in [0.1, 0.15) is 26.2 Å². The van der Waals surface area contributed by atoms with E-state index in [0.717, 1.165) is 12.8 Å². The van der Waals surface area contributed by atoms with Crippen molar-refractivity contribution in [2.45, 2.75) is 26.2 Å².